The van der Waals surface area contributed by atoms with E-state index in [9.17, 15) is 17.6 Å². The predicted molar refractivity (Wildman–Crippen MR) is 112 cm³/mol. The molecule has 1 amide bonds. The molecule has 0 atom stereocenters. The van der Waals surface area contributed by atoms with E-state index >= 15 is 0 Å². The third kappa shape index (κ3) is 5.65. The van der Waals surface area contributed by atoms with Crippen molar-refractivity contribution in [1.82, 2.24) is 0 Å². The maximum absolute atomic E-state index is 13.6. The van der Waals surface area contributed by atoms with Gasteiger partial charge in [-0.1, -0.05) is 42.0 Å². The van der Waals surface area contributed by atoms with Crippen LogP contribution in [-0.2, 0) is 21.2 Å². The highest BCUT2D eigenvalue weighted by Crippen LogP contribution is 2.18. The number of sulfonamides is 1. The van der Waals surface area contributed by atoms with Gasteiger partial charge in [0.25, 0.3) is 10.0 Å². The van der Waals surface area contributed by atoms with Crippen LogP contribution in [0.1, 0.15) is 17.5 Å². The number of carbonyl (C=O) groups excluding carboxylic acids is 1. The predicted octanol–water partition coefficient (Wildman–Crippen LogP) is 4.51. The number of halogens is 1. The zero-order valence-corrected chi connectivity index (χ0v) is 16.7. The number of rotatable bonds is 7. The van der Waals surface area contributed by atoms with Gasteiger partial charge in [0.05, 0.1) is 10.6 Å². The lowest BCUT2D eigenvalue weighted by molar-refractivity contribution is -0.116. The Morgan fingerprint density at radius 3 is 2.24 bits per heavy atom. The Bertz CT molecular complexity index is 1100. The number of amides is 1. The summed E-state index contributed by atoms with van der Waals surface area (Å²) >= 11 is 0. The molecule has 0 bridgehead atoms. The molecule has 2 N–H and O–H groups in total. The maximum Gasteiger partial charge on any atom is 0.261 e. The van der Waals surface area contributed by atoms with Crippen molar-refractivity contribution in [1.29, 1.82) is 0 Å². The van der Waals surface area contributed by atoms with Crippen molar-refractivity contribution in [3.63, 3.8) is 0 Å². The molecule has 0 heterocycles. The lowest BCUT2D eigenvalue weighted by Crippen LogP contribution is -2.14. The van der Waals surface area contributed by atoms with Gasteiger partial charge in [-0.3, -0.25) is 9.52 Å². The first-order valence-corrected chi connectivity index (χ1v) is 10.5. The third-order valence-electron chi connectivity index (χ3n) is 4.33. The van der Waals surface area contributed by atoms with Gasteiger partial charge in [0.2, 0.25) is 5.91 Å². The summed E-state index contributed by atoms with van der Waals surface area (Å²) in [6, 6.07) is 19.4. The fourth-order valence-corrected chi connectivity index (χ4v) is 3.76. The molecule has 7 heteroatoms. The topological polar surface area (TPSA) is 75.3 Å². The largest absolute Gasteiger partial charge is 0.324 e. The standard InChI is InChI=1S/C22H21FN2O3S/c1-16-6-11-18(12-7-16)25-29(27,28)19-13-8-17(9-14-19)10-15-22(26)24-21-5-3-2-4-20(21)23/h2-9,11-14,25H,10,15H2,1H3,(H,24,26). The van der Waals surface area contributed by atoms with Crippen LogP contribution in [0.3, 0.4) is 0 Å². The fourth-order valence-electron chi connectivity index (χ4n) is 2.70. The minimum Gasteiger partial charge on any atom is -0.324 e. The summed E-state index contributed by atoms with van der Waals surface area (Å²) in [5.41, 5.74) is 2.48. The van der Waals surface area contributed by atoms with Crippen LogP contribution in [0.2, 0.25) is 0 Å². The molecule has 0 spiro atoms. The molecule has 150 valence electrons. The molecule has 0 aliphatic heterocycles. The summed E-state index contributed by atoms with van der Waals surface area (Å²) < 4.78 is 41.1. The quantitative estimate of drug-likeness (QED) is 0.600. The first-order valence-electron chi connectivity index (χ1n) is 9.06. The van der Waals surface area contributed by atoms with Crippen LogP contribution in [0, 0.1) is 12.7 Å². The van der Waals surface area contributed by atoms with Gasteiger partial charge >= 0.3 is 0 Å². The summed E-state index contributed by atoms with van der Waals surface area (Å²) in [7, 11) is -3.69. The van der Waals surface area contributed by atoms with Crippen LogP contribution in [-0.4, -0.2) is 14.3 Å². The van der Waals surface area contributed by atoms with Gasteiger partial charge in [-0.15, -0.1) is 0 Å². The van der Waals surface area contributed by atoms with Crippen LogP contribution in [0.15, 0.2) is 77.7 Å². The second-order valence-electron chi connectivity index (χ2n) is 6.64. The van der Waals surface area contributed by atoms with Crippen molar-refractivity contribution in [2.75, 3.05) is 10.0 Å². The van der Waals surface area contributed by atoms with E-state index in [1.165, 1.54) is 24.3 Å². The molecule has 0 saturated heterocycles. The Morgan fingerprint density at radius 2 is 1.59 bits per heavy atom. The first-order chi connectivity index (χ1) is 13.8. The monoisotopic (exact) mass is 412 g/mol. The number of anilines is 2. The number of hydrogen-bond donors (Lipinski definition) is 2. The molecular weight excluding hydrogens is 391 g/mol. The molecular formula is C22H21FN2O3S. The molecule has 0 unspecified atom stereocenters. The van der Waals surface area contributed by atoms with Crippen molar-refractivity contribution in [2.45, 2.75) is 24.7 Å². The van der Waals surface area contributed by atoms with E-state index in [1.807, 2.05) is 19.1 Å². The van der Waals surface area contributed by atoms with Crippen molar-refractivity contribution < 1.29 is 17.6 Å². The molecule has 0 radical (unpaired) electrons. The molecule has 0 aromatic heterocycles. The lowest BCUT2D eigenvalue weighted by Gasteiger charge is -2.09. The van der Waals surface area contributed by atoms with Crippen LogP contribution in [0.4, 0.5) is 15.8 Å². The Labute approximate surface area is 169 Å². The third-order valence-corrected chi connectivity index (χ3v) is 5.72. The van der Waals surface area contributed by atoms with E-state index in [1.54, 1.807) is 36.4 Å². The second kappa shape index (κ2) is 8.87. The highest BCUT2D eigenvalue weighted by Gasteiger charge is 2.14. The van der Waals surface area contributed by atoms with Gasteiger partial charge in [-0.2, -0.15) is 0 Å². The average Bonchev–Trinajstić information content (AvgIpc) is 2.70. The summed E-state index contributed by atoms with van der Waals surface area (Å²) in [5, 5.41) is 2.53. The summed E-state index contributed by atoms with van der Waals surface area (Å²) in [6.45, 7) is 1.92. The highest BCUT2D eigenvalue weighted by atomic mass is 32.2. The maximum atomic E-state index is 13.6. The number of hydrogen-bond acceptors (Lipinski definition) is 3. The van der Waals surface area contributed by atoms with Gasteiger partial charge in [0.15, 0.2) is 0 Å². The van der Waals surface area contributed by atoms with Crippen LogP contribution in [0.5, 0.6) is 0 Å². The number of nitrogens with one attached hydrogen (secondary N) is 2. The van der Waals surface area contributed by atoms with Crippen LogP contribution >= 0.6 is 0 Å². The Morgan fingerprint density at radius 1 is 0.931 bits per heavy atom. The zero-order chi connectivity index (χ0) is 20.9. The number of carbonyl (C=O) groups is 1. The van der Waals surface area contributed by atoms with Gasteiger partial charge in [-0.25, -0.2) is 12.8 Å². The Balaban J connectivity index is 1.58. The molecule has 3 rings (SSSR count). The molecule has 0 saturated carbocycles. The van der Waals surface area contributed by atoms with E-state index in [0.29, 0.717) is 12.1 Å². The van der Waals surface area contributed by atoms with Crippen LogP contribution < -0.4 is 10.0 Å². The minimum atomic E-state index is -3.69. The number of aryl methyl sites for hydroxylation is 2. The molecule has 0 aliphatic rings. The molecule has 5 nitrogen and oxygen atoms in total. The summed E-state index contributed by atoms with van der Waals surface area (Å²) in [5.74, 6) is -0.802. The molecule has 29 heavy (non-hydrogen) atoms. The minimum absolute atomic E-state index is 0.137. The zero-order valence-electron chi connectivity index (χ0n) is 15.9. The molecule has 0 aliphatic carbocycles. The average molecular weight is 412 g/mol. The Hall–Kier alpha value is -3.19. The van der Waals surface area contributed by atoms with Crippen molar-refractivity contribution in [3.8, 4) is 0 Å². The van der Waals surface area contributed by atoms with Gasteiger partial charge in [0, 0.05) is 12.1 Å². The van der Waals surface area contributed by atoms with Crippen molar-refractivity contribution in [3.05, 3.63) is 89.7 Å². The second-order valence-corrected chi connectivity index (χ2v) is 8.33. The van der Waals surface area contributed by atoms with Gasteiger partial charge in [-0.05, 0) is 55.3 Å². The highest BCUT2D eigenvalue weighted by molar-refractivity contribution is 7.92. The van der Waals surface area contributed by atoms with E-state index in [2.05, 4.69) is 10.0 Å². The SMILES string of the molecule is Cc1ccc(NS(=O)(=O)c2ccc(CCC(=O)Nc3ccccc3F)cc2)cc1. The number of benzene rings is 3. The Kier molecular flexibility index (Phi) is 6.29. The first kappa shape index (κ1) is 20.5. The van der Waals surface area contributed by atoms with E-state index in [4.69, 9.17) is 0 Å². The normalized spacial score (nSPS) is 11.1. The fraction of sp³-hybridized carbons (Fsp3) is 0.136. The molecule has 3 aromatic carbocycles. The smallest absolute Gasteiger partial charge is 0.261 e. The van der Waals surface area contributed by atoms with E-state index < -0.39 is 15.8 Å². The molecule has 3 aromatic rings. The van der Waals surface area contributed by atoms with E-state index in [-0.39, 0.29) is 22.9 Å². The summed E-state index contributed by atoms with van der Waals surface area (Å²) in [6.07, 6.45) is 0.564. The lowest BCUT2D eigenvalue weighted by atomic mass is 10.1. The van der Waals surface area contributed by atoms with E-state index in [0.717, 1.165) is 11.1 Å². The molecule has 0 fully saturated rings. The van der Waals surface area contributed by atoms with Crippen LogP contribution in [0.25, 0.3) is 0 Å². The van der Waals surface area contributed by atoms with Gasteiger partial charge < -0.3 is 5.32 Å². The van der Waals surface area contributed by atoms with Gasteiger partial charge in [0.1, 0.15) is 5.82 Å². The van der Waals surface area contributed by atoms with Crippen molar-refractivity contribution in [2.24, 2.45) is 0 Å². The summed E-state index contributed by atoms with van der Waals surface area (Å²) in [4.78, 5) is 12.1. The number of para-hydroxylation sites is 1. The van der Waals surface area contributed by atoms with Crippen molar-refractivity contribution >= 4 is 27.3 Å².